The molecule has 4 heteroatoms. The fraction of sp³-hybridized carbons (Fsp3) is 0.273. The van der Waals surface area contributed by atoms with Crippen molar-refractivity contribution in [1.82, 2.24) is 0 Å². The van der Waals surface area contributed by atoms with E-state index < -0.39 is 0 Å². The molecule has 37 heavy (non-hydrogen) atoms. The van der Waals surface area contributed by atoms with Gasteiger partial charge in [-0.25, -0.2) is 0 Å². The van der Waals surface area contributed by atoms with Gasteiger partial charge in [-0.15, -0.1) is 0 Å². The zero-order valence-electron chi connectivity index (χ0n) is 22.5. The predicted molar refractivity (Wildman–Crippen MR) is 149 cm³/mol. The maximum absolute atomic E-state index is 11.0. The third-order valence-corrected chi connectivity index (χ3v) is 7.74. The molecule has 0 fully saturated rings. The lowest BCUT2D eigenvalue weighted by molar-refractivity contribution is 0.464. The van der Waals surface area contributed by atoms with Crippen molar-refractivity contribution in [2.45, 2.75) is 60.8 Å². The van der Waals surface area contributed by atoms with Crippen LogP contribution in [0.15, 0.2) is 48.5 Å². The first-order valence-electron chi connectivity index (χ1n) is 12.6. The minimum atomic E-state index is 0.239. The Morgan fingerprint density at radius 1 is 0.432 bits per heavy atom. The van der Waals surface area contributed by atoms with Gasteiger partial charge in [0.1, 0.15) is 23.0 Å². The van der Waals surface area contributed by atoms with E-state index in [1.54, 1.807) is 24.3 Å². The summed E-state index contributed by atoms with van der Waals surface area (Å²) in [5.74, 6) is 1.11. The van der Waals surface area contributed by atoms with Crippen LogP contribution in [0.1, 0.15) is 66.8 Å². The van der Waals surface area contributed by atoms with Crippen LogP contribution in [0.25, 0.3) is 0 Å². The van der Waals surface area contributed by atoms with Gasteiger partial charge in [-0.05, 0) is 128 Å². The van der Waals surface area contributed by atoms with Crippen LogP contribution < -0.4 is 0 Å². The van der Waals surface area contributed by atoms with Crippen molar-refractivity contribution in [2.75, 3.05) is 0 Å². The Hall–Kier alpha value is -3.92. The Kier molecular flexibility index (Phi) is 7.22. The zero-order valence-corrected chi connectivity index (χ0v) is 22.5. The van der Waals surface area contributed by atoms with Gasteiger partial charge in [0.15, 0.2) is 0 Å². The molecule has 0 aliphatic carbocycles. The standard InChI is InChI=1S/C33H36O4/c1-18-13-28(34)9-7-24(18)16-30-22(5)26(11-20(3)32(30)36)15-27-12-21(4)33(37)31(23(27)6)17-25-8-10-29(35)14-19(25)2/h7-14,34-37H,15-17H2,1-6H3. The van der Waals surface area contributed by atoms with E-state index in [4.69, 9.17) is 0 Å². The van der Waals surface area contributed by atoms with Gasteiger partial charge >= 0.3 is 0 Å². The maximum atomic E-state index is 11.0. The molecule has 4 N–H and O–H groups in total. The molecule has 0 aliphatic heterocycles. The fourth-order valence-corrected chi connectivity index (χ4v) is 5.24. The molecular formula is C33H36O4. The van der Waals surface area contributed by atoms with E-state index in [0.29, 0.717) is 30.8 Å². The van der Waals surface area contributed by atoms with Gasteiger partial charge in [-0.2, -0.15) is 0 Å². The molecule has 192 valence electrons. The summed E-state index contributed by atoms with van der Waals surface area (Å²) >= 11 is 0. The lowest BCUT2D eigenvalue weighted by Crippen LogP contribution is -2.05. The van der Waals surface area contributed by atoms with Crippen LogP contribution in [0.2, 0.25) is 0 Å². The maximum Gasteiger partial charge on any atom is 0.122 e. The van der Waals surface area contributed by atoms with Crippen LogP contribution in [-0.2, 0) is 19.3 Å². The summed E-state index contributed by atoms with van der Waals surface area (Å²) in [4.78, 5) is 0. The van der Waals surface area contributed by atoms with Crippen molar-refractivity contribution in [3.05, 3.63) is 115 Å². The first kappa shape index (κ1) is 26.2. The quantitative estimate of drug-likeness (QED) is 0.229. The molecule has 4 nitrogen and oxygen atoms in total. The van der Waals surface area contributed by atoms with Gasteiger partial charge in [0.2, 0.25) is 0 Å². The van der Waals surface area contributed by atoms with Gasteiger partial charge in [-0.3, -0.25) is 0 Å². The highest BCUT2D eigenvalue weighted by Crippen LogP contribution is 2.36. The first-order valence-corrected chi connectivity index (χ1v) is 12.6. The van der Waals surface area contributed by atoms with Crippen molar-refractivity contribution in [3.63, 3.8) is 0 Å². The molecule has 0 heterocycles. The highest BCUT2D eigenvalue weighted by atomic mass is 16.3. The number of aromatic hydroxyl groups is 4. The van der Waals surface area contributed by atoms with Crippen LogP contribution in [0, 0.1) is 41.5 Å². The van der Waals surface area contributed by atoms with E-state index in [2.05, 4.69) is 26.0 Å². The number of aryl methyl sites for hydroxylation is 4. The van der Waals surface area contributed by atoms with Gasteiger partial charge in [-0.1, -0.05) is 24.3 Å². The Bertz CT molecular complexity index is 1380. The Labute approximate surface area is 219 Å². The van der Waals surface area contributed by atoms with E-state index in [-0.39, 0.29) is 11.5 Å². The summed E-state index contributed by atoms with van der Waals surface area (Å²) in [6, 6.07) is 14.8. The molecule has 4 aromatic rings. The second-order valence-corrected chi connectivity index (χ2v) is 10.4. The SMILES string of the molecule is Cc1cc(O)ccc1Cc1c(C)c(Cc2cc(C)c(O)c(Cc3ccc(O)cc3C)c2C)cc(C)c1O. The summed E-state index contributed by atoms with van der Waals surface area (Å²) in [5, 5.41) is 41.5. The van der Waals surface area contributed by atoms with Crippen molar-refractivity contribution < 1.29 is 20.4 Å². The molecular weight excluding hydrogens is 460 g/mol. The van der Waals surface area contributed by atoms with Gasteiger partial charge < -0.3 is 20.4 Å². The van der Waals surface area contributed by atoms with Crippen molar-refractivity contribution >= 4 is 0 Å². The number of rotatable bonds is 6. The van der Waals surface area contributed by atoms with E-state index in [0.717, 1.165) is 66.8 Å². The minimum Gasteiger partial charge on any atom is -0.508 e. The lowest BCUT2D eigenvalue weighted by Gasteiger charge is -2.20. The Morgan fingerprint density at radius 3 is 1.16 bits per heavy atom. The van der Waals surface area contributed by atoms with E-state index in [9.17, 15) is 20.4 Å². The summed E-state index contributed by atoms with van der Waals surface area (Å²) in [5.41, 5.74) is 12.0. The van der Waals surface area contributed by atoms with Crippen LogP contribution in [0.5, 0.6) is 23.0 Å². The topological polar surface area (TPSA) is 80.9 Å². The summed E-state index contributed by atoms with van der Waals surface area (Å²) in [6.07, 6.45) is 1.85. The molecule has 4 aromatic carbocycles. The van der Waals surface area contributed by atoms with Crippen LogP contribution >= 0.6 is 0 Å². The highest BCUT2D eigenvalue weighted by Gasteiger charge is 2.19. The molecule has 0 aromatic heterocycles. The number of benzene rings is 4. The molecule has 0 radical (unpaired) electrons. The Balaban J connectivity index is 1.74. The molecule has 0 bridgehead atoms. The third kappa shape index (κ3) is 5.29. The molecule has 0 amide bonds. The molecule has 4 rings (SSSR count). The van der Waals surface area contributed by atoms with Crippen molar-refractivity contribution in [1.29, 1.82) is 0 Å². The van der Waals surface area contributed by atoms with Gasteiger partial charge in [0.25, 0.3) is 0 Å². The number of phenolic OH excluding ortho intramolecular Hbond substituents is 4. The summed E-state index contributed by atoms with van der Waals surface area (Å²) in [6.45, 7) is 11.9. The van der Waals surface area contributed by atoms with Crippen LogP contribution in [0.3, 0.4) is 0 Å². The average molecular weight is 497 g/mol. The van der Waals surface area contributed by atoms with E-state index in [1.807, 2.05) is 39.8 Å². The van der Waals surface area contributed by atoms with E-state index in [1.165, 1.54) is 0 Å². The largest absolute Gasteiger partial charge is 0.508 e. The third-order valence-electron chi connectivity index (χ3n) is 7.74. The van der Waals surface area contributed by atoms with E-state index >= 15 is 0 Å². The molecule has 0 saturated heterocycles. The molecule has 0 aliphatic rings. The van der Waals surface area contributed by atoms with Crippen LogP contribution in [0.4, 0.5) is 0 Å². The fourth-order valence-electron chi connectivity index (χ4n) is 5.24. The van der Waals surface area contributed by atoms with Gasteiger partial charge in [0.05, 0.1) is 0 Å². The first-order chi connectivity index (χ1) is 17.5. The smallest absolute Gasteiger partial charge is 0.122 e. The molecule has 0 atom stereocenters. The molecule has 0 spiro atoms. The minimum absolute atomic E-state index is 0.239. The second kappa shape index (κ2) is 10.2. The zero-order chi connectivity index (χ0) is 27.0. The molecule has 0 saturated carbocycles. The number of hydrogen-bond acceptors (Lipinski definition) is 4. The predicted octanol–water partition coefficient (Wildman–Crippen LogP) is 7.13. The number of phenols is 4. The Morgan fingerprint density at radius 2 is 0.811 bits per heavy atom. The molecule has 0 unspecified atom stereocenters. The summed E-state index contributed by atoms with van der Waals surface area (Å²) < 4.78 is 0. The van der Waals surface area contributed by atoms with Gasteiger partial charge in [0, 0.05) is 24.0 Å². The average Bonchev–Trinajstić information content (AvgIpc) is 2.83. The number of hydrogen-bond donors (Lipinski definition) is 4. The van der Waals surface area contributed by atoms with Crippen molar-refractivity contribution in [2.24, 2.45) is 0 Å². The monoisotopic (exact) mass is 496 g/mol. The van der Waals surface area contributed by atoms with Crippen LogP contribution in [-0.4, -0.2) is 20.4 Å². The normalized spacial score (nSPS) is 11.2. The van der Waals surface area contributed by atoms with Crippen molar-refractivity contribution in [3.8, 4) is 23.0 Å². The highest BCUT2D eigenvalue weighted by molar-refractivity contribution is 5.56. The second-order valence-electron chi connectivity index (χ2n) is 10.4. The summed E-state index contributed by atoms with van der Waals surface area (Å²) in [7, 11) is 0. The lowest BCUT2D eigenvalue weighted by atomic mass is 9.86.